The van der Waals surface area contributed by atoms with Gasteiger partial charge >= 0.3 is 0 Å². The largest absolute Gasteiger partial charge is 0.361 e. The molecule has 6 heteroatoms. The van der Waals surface area contributed by atoms with E-state index in [1.54, 1.807) is 13.8 Å². The molecule has 0 aliphatic heterocycles. The Balaban J connectivity index is 1.98. The first-order valence-corrected chi connectivity index (χ1v) is 8.05. The number of fused-ring (bicyclic) bond motifs is 1. The second-order valence-corrected chi connectivity index (χ2v) is 6.41. The first kappa shape index (κ1) is 16.2. The number of imidazole rings is 1. The molecule has 0 aliphatic carbocycles. The highest BCUT2D eigenvalue weighted by Crippen LogP contribution is 2.25. The van der Waals surface area contributed by atoms with E-state index in [-0.39, 0.29) is 17.9 Å². The zero-order valence-corrected chi connectivity index (χ0v) is 14.6. The average molecular weight is 326 g/mol. The molecule has 0 saturated heterocycles. The maximum atomic E-state index is 12.7. The highest BCUT2D eigenvalue weighted by atomic mass is 16.5. The van der Waals surface area contributed by atoms with Crippen molar-refractivity contribution in [2.24, 2.45) is 13.0 Å². The molecule has 24 heavy (non-hydrogen) atoms. The van der Waals surface area contributed by atoms with Gasteiger partial charge in [0, 0.05) is 7.05 Å². The van der Waals surface area contributed by atoms with Crippen LogP contribution >= 0.6 is 0 Å². The summed E-state index contributed by atoms with van der Waals surface area (Å²) < 4.78 is 7.14. The van der Waals surface area contributed by atoms with Crippen molar-refractivity contribution in [3.05, 3.63) is 47.1 Å². The Morgan fingerprint density at radius 3 is 2.54 bits per heavy atom. The van der Waals surface area contributed by atoms with E-state index in [1.165, 1.54) is 0 Å². The van der Waals surface area contributed by atoms with E-state index in [0.717, 1.165) is 16.9 Å². The Bertz CT molecular complexity index is 872. The predicted octanol–water partition coefficient (Wildman–Crippen LogP) is 3.31. The van der Waals surface area contributed by atoms with Gasteiger partial charge in [-0.25, -0.2) is 4.98 Å². The van der Waals surface area contributed by atoms with Crippen molar-refractivity contribution in [3.8, 4) is 0 Å². The third-order valence-electron chi connectivity index (χ3n) is 4.31. The predicted molar refractivity (Wildman–Crippen MR) is 91.7 cm³/mol. The lowest BCUT2D eigenvalue weighted by Gasteiger charge is -2.22. The fourth-order valence-corrected chi connectivity index (χ4v) is 2.99. The Hall–Kier alpha value is -2.63. The minimum absolute atomic E-state index is 0.183. The molecule has 0 spiro atoms. The number of aryl methyl sites for hydroxylation is 3. The number of hydrogen-bond donors (Lipinski definition) is 1. The summed E-state index contributed by atoms with van der Waals surface area (Å²) in [5, 5.41) is 6.95. The number of para-hydroxylation sites is 2. The van der Waals surface area contributed by atoms with Gasteiger partial charge in [0.15, 0.2) is 0 Å². The Morgan fingerprint density at radius 2 is 1.96 bits per heavy atom. The number of carbonyl (C=O) groups is 1. The van der Waals surface area contributed by atoms with Crippen molar-refractivity contribution in [3.63, 3.8) is 0 Å². The van der Waals surface area contributed by atoms with Crippen LogP contribution in [0.2, 0.25) is 0 Å². The zero-order valence-electron chi connectivity index (χ0n) is 14.6. The van der Waals surface area contributed by atoms with Crippen LogP contribution in [0.25, 0.3) is 11.0 Å². The van der Waals surface area contributed by atoms with Gasteiger partial charge in [-0.1, -0.05) is 31.1 Å². The zero-order chi connectivity index (χ0) is 17.4. The number of amides is 1. The Labute approximate surface area is 140 Å². The summed E-state index contributed by atoms with van der Waals surface area (Å²) >= 11 is 0. The Morgan fingerprint density at radius 1 is 1.25 bits per heavy atom. The second-order valence-electron chi connectivity index (χ2n) is 6.41. The van der Waals surface area contributed by atoms with Crippen LogP contribution < -0.4 is 5.32 Å². The molecule has 2 aromatic heterocycles. The van der Waals surface area contributed by atoms with E-state index < -0.39 is 0 Å². The summed E-state index contributed by atoms with van der Waals surface area (Å²) in [5.74, 6) is 1.37. The maximum Gasteiger partial charge on any atom is 0.257 e. The molecule has 1 aromatic carbocycles. The molecule has 1 atom stereocenters. The fourth-order valence-electron chi connectivity index (χ4n) is 2.99. The summed E-state index contributed by atoms with van der Waals surface area (Å²) in [6, 6.07) is 7.75. The van der Waals surface area contributed by atoms with Gasteiger partial charge in [0.25, 0.3) is 5.91 Å². The topological polar surface area (TPSA) is 73.0 Å². The minimum Gasteiger partial charge on any atom is -0.361 e. The van der Waals surface area contributed by atoms with Gasteiger partial charge in [0.2, 0.25) is 0 Å². The van der Waals surface area contributed by atoms with Gasteiger partial charge in [-0.05, 0) is 31.9 Å². The van der Waals surface area contributed by atoms with Gasteiger partial charge in [0.05, 0.1) is 22.8 Å². The van der Waals surface area contributed by atoms with Crippen LogP contribution in [0.15, 0.2) is 28.8 Å². The van der Waals surface area contributed by atoms with Crippen molar-refractivity contribution in [1.29, 1.82) is 0 Å². The van der Waals surface area contributed by atoms with Crippen LogP contribution in [0, 0.1) is 19.8 Å². The highest BCUT2D eigenvalue weighted by Gasteiger charge is 2.26. The fraction of sp³-hybridized carbons (Fsp3) is 0.389. The number of rotatable bonds is 4. The molecular formula is C18H22N4O2. The number of nitrogens with zero attached hydrogens (tertiary/aromatic N) is 3. The molecule has 0 fully saturated rings. The second kappa shape index (κ2) is 6.11. The van der Waals surface area contributed by atoms with Crippen molar-refractivity contribution in [1.82, 2.24) is 20.0 Å². The van der Waals surface area contributed by atoms with E-state index >= 15 is 0 Å². The first-order valence-electron chi connectivity index (χ1n) is 8.05. The lowest BCUT2D eigenvalue weighted by atomic mass is 10.0. The van der Waals surface area contributed by atoms with Gasteiger partial charge in [0.1, 0.15) is 17.1 Å². The molecule has 3 rings (SSSR count). The number of carbonyl (C=O) groups excluding carboxylic acids is 1. The third-order valence-corrected chi connectivity index (χ3v) is 4.31. The molecule has 126 valence electrons. The SMILES string of the molecule is Cc1noc(C)c1C(=O)N[C@@H](c1nc2ccccc2n1C)C(C)C. The molecule has 0 unspecified atom stereocenters. The summed E-state index contributed by atoms with van der Waals surface area (Å²) in [4.78, 5) is 17.4. The number of benzene rings is 1. The van der Waals surface area contributed by atoms with Gasteiger partial charge in [-0.3, -0.25) is 4.79 Å². The van der Waals surface area contributed by atoms with Crippen molar-refractivity contribution in [2.75, 3.05) is 0 Å². The van der Waals surface area contributed by atoms with Crippen molar-refractivity contribution in [2.45, 2.75) is 33.7 Å². The lowest BCUT2D eigenvalue weighted by molar-refractivity contribution is 0.0920. The number of nitrogens with one attached hydrogen (secondary N) is 1. The number of hydrogen-bond acceptors (Lipinski definition) is 4. The maximum absolute atomic E-state index is 12.7. The minimum atomic E-state index is -0.205. The summed E-state index contributed by atoms with van der Waals surface area (Å²) in [7, 11) is 1.97. The van der Waals surface area contributed by atoms with Crippen LogP contribution in [0.5, 0.6) is 0 Å². The molecule has 0 radical (unpaired) electrons. The summed E-state index contributed by atoms with van der Waals surface area (Å²) in [6.07, 6.45) is 0. The summed E-state index contributed by atoms with van der Waals surface area (Å²) in [5.41, 5.74) is 3.06. The van der Waals surface area contributed by atoms with Crippen LogP contribution in [0.3, 0.4) is 0 Å². The quantitative estimate of drug-likeness (QED) is 0.798. The van der Waals surface area contributed by atoms with Crippen LogP contribution in [-0.2, 0) is 7.05 Å². The van der Waals surface area contributed by atoms with Crippen LogP contribution in [0.4, 0.5) is 0 Å². The standard InChI is InChI=1S/C18H22N4O2/c1-10(2)16(20-18(23)15-11(3)21-24-12(15)4)17-19-13-8-6-7-9-14(13)22(17)5/h6-10,16H,1-5H3,(H,20,23)/t16-/m1/s1. The smallest absolute Gasteiger partial charge is 0.257 e. The van der Waals surface area contributed by atoms with E-state index in [1.807, 2.05) is 35.9 Å². The monoisotopic (exact) mass is 326 g/mol. The van der Waals surface area contributed by atoms with E-state index in [9.17, 15) is 4.79 Å². The van der Waals surface area contributed by atoms with Crippen molar-refractivity contribution >= 4 is 16.9 Å². The van der Waals surface area contributed by atoms with Crippen molar-refractivity contribution < 1.29 is 9.32 Å². The third kappa shape index (κ3) is 2.68. The normalized spacial score (nSPS) is 12.8. The average Bonchev–Trinajstić information content (AvgIpc) is 3.05. The van der Waals surface area contributed by atoms with E-state index in [4.69, 9.17) is 9.51 Å². The molecule has 0 saturated carbocycles. The first-order chi connectivity index (χ1) is 11.4. The van der Waals surface area contributed by atoms with E-state index in [0.29, 0.717) is 17.0 Å². The lowest BCUT2D eigenvalue weighted by Crippen LogP contribution is -2.34. The molecule has 0 aliphatic rings. The van der Waals surface area contributed by atoms with Crippen LogP contribution in [0.1, 0.15) is 47.5 Å². The van der Waals surface area contributed by atoms with Gasteiger partial charge in [-0.15, -0.1) is 0 Å². The molecule has 6 nitrogen and oxygen atoms in total. The van der Waals surface area contributed by atoms with Gasteiger partial charge < -0.3 is 14.4 Å². The highest BCUT2D eigenvalue weighted by molar-refractivity contribution is 5.96. The molecular weight excluding hydrogens is 304 g/mol. The van der Waals surface area contributed by atoms with Gasteiger partial charge in [-0.2, -0.15) is 0 Å². The Kier molecular flexibility index (Phi) is 4.13. The molecule has 0 bridgehead atoms. The van der Waals surface area contributed by atoms with E-state index in [2.05, 4.69) is 24.3 Å². The molecule has 2 heterocycles. The molecule has 3 aromatic rings. The summed E-state index contributed by atoms with van der Waals surface area (Å²) in [6.45, 7) is 7.65. The van der Waals surface area contributed by atoms with Crippen LogP contribution in [-0.4, -0.2) is 20.6 Å². The number of aromatic nitrogens is 3. The molecule has 1 N–H and O–H groups in total. The molecule has 1 amide bonds.